The molecule has 2 rings (SSSR count). The number of halogens is 4. The van der Waals surface area contributed by atoms with Crippen LogP contribution in [0.25, 0.3) is 0 Å². The van der Waals surface area contributed by atoms with Gasteiger partial charge in [-0.15, -0.1) is 0 Å². The van der Waals surface area contributed by atoms with Gasteiger partial charge in [-0.2, -0.15) is 13.2 Å². The van der Waals surface area contributed by atoms with Gasteiger partial charge in [-0.05, 0) is 18.4 Å². The van der Waals surface area contributed by atoms with Gasteiger partial charge in [-0.25, -0.2) is 4.98 Å². The molecule has 88 valence electrons. The van der Waals surface area contributed by atoms with Crippen LogP contribution >= 0.6 is 11.6 Å². The Labute approximate surface area is 95.8 Å². The van der Waals surface area contributed by atoms with Crippen LogP contribution in [0.1, 0.15) is 18.9 Å². The number of hydrogen-bond donors (Lipinski definition) is 1. The summed E-state index contributed by atoms with van der Waals surface area (Å²) in [5, 5.41) is 3.01. The molecule has 1 aromatic rings. The quantitative estimate of drug-likeness (QED) is 0.868. The zero-order valence-electron chi connectivity index (χ0n) is 8.48. The molecule has 6 heteroatoms. The molecule has 0 saturated heterocycles. The van der Waals surface area contributed by atoms with Crippen LogP contribution in [0.5, 0.6) is 0 Å². The van der Waals surface area contributed by atoms with Gasteiger partial charge >= 0.3 is 6.18 Å². The van der Waals surface area contributed by atoms with Crippen molar-refractivity contribution in [2.24, 2.45) is 5.92 Å². The van der Waals surface area contributed by atoms with Crippen molar-refractivity contribution in [2.45, 2.75) is 25.6 Å². The predicted molar refractivity (Wildman–Crippen MR) is 55.4 cm³/mol. The Kier molecular flexibility index (Phi) is 2.74. The Morgan fingerprint density at radius 1 is 1.50 bits per heavy atom. The van der Waals surface area contributed by atoms with Crippen molar-refractivity contribution < 1.29 is 13.2 Å². The first kappa shape index (κ1) is 11.5. The van der Waals surface area contributed by atoms with Crippen molar-refractivity contribution in [1.82, 2.24) is 4.98 Å². The van der Waals surface area contributed by atoms with E-state index >= 15 is 0 Å². The SMILES string of the molecule is CC1CC1Nc1ncc(C(F)(F)F)cc1Cl. The van der Waals surface area contributed by atoms with E-state index in [1.165, 1.54) is 0 Å². The number of aromatic nitrogens is 1. The van der Waals surface area contributed by atoms with Gasteiger partial charge in [0.25, 0.3) is 0 Å². The van der Waals surface area contributed by atoms with E-state index < -0.39 is 11.7 Å². The second-order valence-corrected chi connectivity index (χ2v) is 4.42. The summed E-state index contributed by atoms with van der Waals surface area (Å²) in [6.45, 7) is 2.05. The topological polar surface area (TPSA) is 24.9 Å². The molecule has 1 aromatic heterocycles. The molecule has 1 aliphatic rings. The third-order valence-corrected chi connectivity index (χ3v) is 2.89. The van der Waals surface area contributed by atoms with E-state index in [0.717, 1.165) is 18.7 Å². The van der Waals surface area contributed by atoms with Crippen molar-refractivity contribution in [2.75, 3.05) is 5.32 Å². The first-order valence-corrected chi connectivity index (χ1v) is 5.25. The first-order valence-electron chi connectivity index (χ1n) is 4.87. The minimum absolute atomic E-state index is 0.00826. The van der Waals surface area contributed by atoms with Gasteiger partial charge in [0.05, 0.1) is 10.6 Å². The highest BCUT2D eigenvalue weighted by Crippen LogP contribution is 2.36. The molecule has 1 aliphatic carbocycles. The minimum Gasteiger partial charge on any atom is -0.366 e. The summed E-state index contributed by atoms with van der Waals surface area (Å²) in [4.78, 5) is 3.70. The van der Waals surface area contributed by atoms with Crippen LogP contribution in [-0.2, 0) is 6.18 Å². The number of anilines is 1. The maximum Gasteiger partial charge on any atom is 0.417 e. The lowest BCUT2D eigenvalue weighted by atomic mass is 10.3. The third kappa shape index (κ3) is 2.40. The van der Waals surface area contributed by atoms with E-state index in [9.17, 15) is 13.2 Å². The fourth-order valence-corrected chi connectivity index (χ4v) is 1.62. The number of hydrogen-bond acceptors (Lipinski definition) is 2. The fraction of sp³-hybridized carbons (Fsp3) is 0.500. The molecule has 0 aromatic carbocycles. The number of alkyl halides is 3. The maximum absolute atomic E-state index is 12.3. The van der Waals surface area contributed by atoms with E-state index in [0.29, 0.717) is 11.7 Å². The lowest BCUT2D eigenvalue weighted by Crippen LogP contribution is -2.09. The lowest BCUT2D eigenvalue weighted by molar-refractivity contribution is -0.137. The van der Waals surface area contributed by atoms with Crippen LogP contribution in [-0.4, -0.2) is 11.0 Å². The van der Waals surface area contributed by atoms with E-state index in [-0.39, 0.29) is 11.1 Å². The summed E-state index contributed by atoms with van der Waals surface area (Å²) in [5.41, 5.74) is -0.827. The zero-order valence-corrected chi connectivity index (χ0v) is 9.23. The number of nitrogens with zero attached hydrogens (tertiary/aromatic N) is 1. The highest BCUT2D eigenvalue weighted by Gasteiger charge is 2.34. The van der Waals surface area contributed by atoms with Gasteiger partial charge in [0.15, 0.2) is 0 Å². The highest BCUT2D eigenvalue weighted by molar-refractivity contribution is 6.33. The summed E-state index contributed by atoms with van der Waals surface area (Å²) in [7, 11) is 0. The van der Waals surface area contributed by atoms with Crippen LogP contribution in [0, 0.1) is 5.92 Å². The van der Waals surface area contributed by atoms with Gasteiger partial charge < -0.3 is 5.32 Å². The fourth-order valence-electron chi connectivity index (χ4n) is 1.40. The Morgan fingerprint density at radius 2 is 2.12 bits per heavy atom. The normalized spacial score (nSPS) is 24.3. The Balaban J connectivity index is 2.16. The van der Waals surface area contributed by atoms with Gasteiger partial charge in [-0.1, -0.05) is 18.5 Å². The molecule has 0 spiro atoms. The Morgan fingerprint density at radius 3 is 2.56 bits per heavy atom. The molecule has 16 heavy (non-hydrogen) atoms. The van der Waals surface area contributed by atoms with Crippen molar-refractivity contribution >= 4 is 17.4 Å². The molecule has 2 unspecified atom stereocenters. The average molecular weight is 251 g/mol. The summed E-state index contributed by atoms with van der Waals surface area (Å²) in [6.07, 6.45) is -2.61. The van der Waals surface area contributed by atoms with Crippen molar-refractivity contribution in [3.05, 3.63) is 22.8 Å². The molecule has 0 amide bonds. The smallest absolute Gasteiger partial charge is 0.366 e. The lowest BCUT2D eigenvalue weighted by Gasteiger charge is -2.10. The van der Waals surface area contributed by atoms with Gasteiger partial charge in [-0.3, -0.25) is 0 Å². The van der Waals surface area contributed by atoms with Gasteiger partial charge in [0.1, 0.15) is 5.82 Å². The summed E-state index contributed by atoms with van der Waals surface area (Å²) >= 11 is 5.73. The van der Waals surface area contributed by atoms with Crippen LogP contribution in [0.4, 0.5) is 19.0 Å². The van der Waals surface area contributed by atoms with E-state index in [1.54, 1.807) is 0 Å². The molecule has 0 bridgehead atoms. The number of pyridine rings is 1. The summed E-state index contributed by atoms with van der Waals surface area (Å²) in [6, 6.07) is 1.17. The first-order chi connectivity index (χ1) is 7.38. The molecule has 0 radical (unpaired) electrons. The van der Waals surface area contributed by atoms with Crippen LogP contribution in [0.2, 0.25) is 5.02 Å². The molecule has 2 nitrogen and oxygen atoms in total. The third-order valence-electron chi connectivity index (χ3n) is 2.60. The van der Waals surface area contributed by atoms with E-state index in [1.807, 2.05) is 0 Å². The van der Waals surface area contributed by atoms with Crippen molar-refractivity contribution in [1.29, 1.82) is 0 Å². The summed E-state index contributed by atoms with van der Waals surface area (Å²) < 4.78 is 37.0. The molecule has 1 saturated carbocycles. The zero-order chi connectivity index (χ0) is 11.9. The number of nitrogens with one attached hydrogen (secondary N) is 1. The second-order valence-electron chi connectivity index (χ2n) is 4.02. The second kappa shape index (κ2) is 3.80. The average Bonchev–Trinajstić information content (AvgIpc) is 2.84. The minimum atomic E-state index is -4.40. The Bertz CT molecular complexity index is 406. The predicted octanol–water partition coefficient (Wildman–Crippen LogP) is 3.57. The number of rotatable bonds is 2. The molecule has 0 aliphatic heterocycles. The van der Waals surface area contributed by atoms with Crippen molar-refractivity contribution in [3.63, 3.8) is 0 Å². The largest absolute Gasteiger partial charge is 0.417 e. The molecule has 2 atom stereocenters. The van der Waals surface area contributed by atoms with Crippen LogP contribution in [0.3, 0.4) is 0 Å². The van der Waals surface area contributed by atoms with Crippen molar-refractivity contribution in [3.8, 4) is 0 Å². The highest BCUT2D eigenvalue weighted by atomic mass is 35.5. The van der Waals surface area contributed by atoms with Gasteiger partial charge in [0, 0.05) is 12.2 Å². The van der Waals surface area contributed by atoms with Crippen LogP contribution < -0.4 is 5.32 Å². The monoisotopic (exact) mass is 250 g/mol. The standard InChI is InChI=1S/C10H10ClF3N2/c1-5-2-8(5)16-9-7(11)3-6(4-15-9)10(12,13)14/h3-5,8H,2H2,1H3,(H,15,16). The van der Waals surface area contributed by atoms with Gasteiger partial charge in [0.2, 0.25) is 0 Å². The molecule has 1 heterocycles. The molecular weight excluding hydrogens is 241 g/mol. The molecular formula is C10H10ClF3N2. The van der Waals surface area contributed by atoms with E-state index in [4.69, 9.17) is 11.6 Å². The molecule has 1 fully saturated rings. The molecule has 1 N–H and O–H groups in total. The van der Waals surface area contributed by atoms with Crippen LogP contribution in [0.15, 0.2) is 12.3 Å². The maximum atomic E-state index is 12.3. The summed E-state index contributed by atoms with van der Waals surface area (Å²) in [5.74, 6) is 0.851. The Hall–Kier alpha value is -0.970. The van der Waals surface area contributed by atoms with E-state index in [2.05, 4.69) is 17.2 Å².